The molecule has 0 aromatic carbocycles. The van der Waals surface area contributed by atoms with Crippen LogP contribution in [0.5, 0.6) is 0 Å². The quantitative estimate of drug-likeness (QED) is 0.786. The number of rotatable bonds is 2. The van der Waals surface area contributed by atoms with E-state index in [9.17, 15) is 0 Å². The first kappa shape index (κ1) is 12.3. The first-order valence-corrected chi connectivity index (χ1v) is 6.19. The molecule has 1 aromatic rings. The van der Waals surface area contributed by atoms with Crippen LogP contribution in [0, 0.1) is 6.92 Å². The molecular formula is C12H18N4S. The molecule has 4 nitrogen and oxygen atoms in total. The van der Waals surface area contributed by atoms with Crippen molar-refractivity contribution < 1.29 is 0 Å². The van der Waals surface area contributed by atoms with Gasteiger partial charge in [0.15, 0.2) is 0 Å². The van der Waals surface area contributed by atoms with Crippen LogP contribution >= 0.6 is 12.2 Å². The van der Waals surface area contributed by atoms with Crippen LogP contribution in [0.15, 0.2) is 12.1 Å². The predicted molar refractivity (Wildman–Crippen MR) is 74.6 cm³/mol. The maximum atomic E-state index is 5.75. The second-order valence-electron chi connectivity index (χ2n) is 4.48. The number of hydrogen-bond donors (Lipinski definition) is 1. The minimum Gasteiger partial charge on any atom is -0.389 e. The lowest BCUT2D eigenvalue weighted by Gasteiger charge is -2.34. The highest BCUT2D eigenvalue weighted by Gasteiger charge is 2.19. The molecule has 1 saturated heterocycles. The summed E-state index contributed by atoms with van der Waals surface area (Å²) in [7, 11) is 2.13. The molecule has 0 spiro atoms. The second-order valence-corrected chi connectivity index (χ2v) is 4.92. The molecule has 1 fully saturated rings. The van der Waals surface area contributed by atoms with Gasteiger partial charge < -0.3 is 15.5 Å². The number of aromatic nitrogens is 1. The molecule has 0 aliphatic carbocycles. The fourth-order valence-corrected chi connectivity index (χ4v) is 2.15. The molecule has 17 heavy (non-hydrogen) atoms. The van der Waals surface area contributed by atoms with E-state index in [1.807, 2.05) is 19.1 Å². The highest BCUT2D eigenvalue weighted by Crippen LogP contribution is 2.19. The minimum atomic E-state index is 0.423. The Labute approximate surface area is 107 Å². The van der Waals surface area contributed by atoms with Gasteiger partial charge in [0.1, 0.15) is 10.8 Å². The molecule has 2 N–H and O–H groups in total. The Bertz CT molecular complexity index is 425. The maximum Gasteiger partial charge on any atom is 0.139 e. The van der Waals surface area contributed by atoms with Gasteiger partial charge in [-0.15, -0.1) is 0 Å². The highest BCUT2D eigenvalue weighted by molar-refractivity contribution is 7.80. The Morgan fingerprint density at radius 2 is 1.94 bits per heavy atom. The van der Waals surface area contributed by atoms with Crippen molar-refractivity contribution in [2.45, 2.75) is 6.92 Å². The molecule has 0 bridgehead atoms. The lowest BCUT2D eigenvalue weighted by molar-refractivity contribution is 0.312. The lowest BCUT2D eigenvalue weighted by atomic mass is 10.2. The number of piperazine rings is 1. The van der Waals surface area contributed by atoms with E-state index in [2.05, 4.69) is 21.8 Å². The van der Waals surface area contributed by atoms with Gasteiger partial charge in [-0.1, -0.05) is 12.2 Å². The fourth-order valence-electron chi connectivity index (χ4n) is 1.99. The van der Waals surface area contributed by atoms with E-state index in [-0.39, 0.29) is 0 Å². The average molecular weight is 250 g/mol. The molecule has 1 aromatic heterocycles. The van der Waals surface area contributed by atoms with E-state index >= 15 is 0 Å². The third-order valence-corrected chi connectivity index (χ3v) is 3.30. The first-order valence-electron chi connectivity index (χ1n) is 5.79. The first-order chi connectivity index (χ1) is 8.08. The summed E-state index contributed by atoms with van der Waals surface area (Å²) < 4.78 is 0. The molecular weight excluding hydrogens is 232 g/mol. The summed E-state index contributed by atoms with van der Waals surface area (Å²) >= 11 is 5.09. The number of nitrogens with two attached hydrogens (primary N) is 1. The van der Waals surface area contributed by atoms with Gasteiger partial charge in [0, 0.05) is 31.9 Å². The van der Waals surface area contributed by atoms with Gasteiger partial charge in [-0.25, -0.2) is 4.98 Å². The van der Waals surface area contributed by atoms with Crippen LogP contribution in [0.3, 0.4) is 0 Å². The van der Waals surface area contributed by atoms with Crippen LogP contribution in [0.2, 0.25) is 0 Å². The summed E-state index contributed by atoms with van der Waals surface area (Å²) in [6, 6.07) is 3.92. The molecule has 2 rings (SSSR count). The van der Waals surface area contributed by atoms with Gasteiger partial charge >= 0.3 is 0 Å². The van der Waals surface area contributed by atoms with E-state index < -0.39 is 0 Å². The van der Waals surface area contributed by atoms with Crippen LogP contribution in [0.1, 0.15) is 11.3 Å². The predicted octanol–water partition coefficient (Wildman–Crippen LogP) is 0.776. The van der Waals surface area contributed by atoms with E-state index in [1.54, 1.807) is 0 Å². The van der Waals surface area contributed by atoms with Gasteiger partial charge in [0.05, 0.1) is 5.56 Å². The van der Waals surface area contributed by atoms with Gasteiger partial charge in [0.25, 0.3) is 0 Å². The molecule has 1 aliphatic heterocycles. The number of thiocarbonyl (C=S) groups is 1. The number of anilines is 1. The molecule has 5 heteroatoms. The Hall–Kier alpha value is -1.20. The van der Waals surface area contributed by atoms with Crippen LogP contribution in [-0.4, -0.2) is 48.1 Å². The van der Waals surface area contributed by atoms with Crippen molar-refractivity contribution in [2.75, 3.05) is 38.1 Å². The molecule has 92 valence electrons. The monoisotopic (exact) mass is 250 g/mol. The van der Waals surface area contributed by atoms with Crippen LogP contribution < -0.4 is 10.6 Å². The Kier molecular flexibility index (Phi) is 3.59. The maximum absolute atomic E-state index is 5.75. The Balaban J connectivity index is 2.30. The molecule has 1 aliphatic rings. The summed E-state index contributed by atoms with van der Waals surface area (Å²) in [5, 5.41) is 0. The van der Waals surface area contributed by atoms with E-state index in [1.165, 1.54) is 0 Å². The highest BCUT2D eigenvalue weighted by atomic mass is 32.1. The van der Waals surface area contributed by atoms with Gasteiger partial charge in [-0.2, -0.15) is 0 Å². The van der Waals surface area contributed by atoms with Crippen molar-refractivity contribution in [1.29, 1.82) is 0 Å². The minimum absolute atomic E-state index is 0.423. The fraction of sp³-hybridized carbons (Fsp3) is 0.500. The van der Waals surface area contributed by atoms with Gasteiger partial charge in [0.2, 0.25) is 0 Å². The van der Waals surface area contributed by atoms with Crippen LogP contribution in [0.25, 0.3) is 0 Å². The van der Waals surface area contributed by atoms with E-state index in [0.29, 0.717) is 4.99 Å². The van der Waals surface area contributed by atoms with Gasteiger partial charge in [-0.05, 0) is 26.1 Å². The number of hydrogen-bond acceptors (Lipinski definition) is 4. The van der Waals surface area contributed by atoms with Crippen molar-refractivity contribution in [2.24, 2.45) is 5.73 Å². The summed E-state index contributed by atoms with van der Waals surface area (Å²) in [6.45, 7) is 6.03. The zero-order chi connectivity index (χ0) is 12.4. The number of nitrogens with zero attached hydrogens (tertiary/aromatic N) is 3. The van der Waals surface area contributed by atoms with Crippen molar-refractivity contribution in [3.8, 4) is 0 Å². The number of aryl methyl sites for hydroxylation is 1. The second kappa shape index (κ2) is 4.98. The third-order valence-electron chi connectivity index (χ3n) is 3.08. The van der Waals surface area contributed by atoms with Crippen molar-refractivity contribution in [3.05, 3.63) is 23.4 Å². The molecule has 0 atom stereocenters. The molecule has 0 radical (unpaired) electrons. The number of likely N-dealkylation sites (N-methyl/N-ethyl adjacent to an activating group) is 1. The SMILES string of the molecule is Cc1ccc(C(N)=S)c(N2CCN(C)CC2)n1. The molecule has 2 heterocycles. The largest absolute Gasteiger partial charge is 0.389 e. The molecule has 0 unspecified atom stereocenters. The van der Waals surface area contributed by atoms with Crippen LogP contribution in [0.4, 0.5) is 5.82 Å². The van der Waals surface area contributed by atoms with Gasteiger partial charge in [-0.3, -0.25) is 0 Å². The molecule has 0 saturated carbocycles. The summed E-state index contributed by atoms with van der Waals surface area (Å²) in [6.07, 6.45) is 0. The summed E-state index contributed by atoms with van der Waals surface area (Å²) in [5.41, 5.74) is 7.64. The zero-order valence-electron chi connectivity index (χ0n) is 10.3. The summed E-state index contributed by atoms with van der Waals surface area (Å²) in [5.74, 6) is 0.936. The van der Waals surface area contributed by atoms with Crippen molar-refractivity contribution in [3.63, 3.8) is 0 Å². The third kappa shape index (κ3) is 2.73. The normalized spacial score (nSPS) is 17.2. The smallest absolute Gasteiger partial charge is 0.139 e. The lowest BCUT2D eigenvalue weighted by Crippen LogP contribution is -2.45. The van der Waals surface area contributed by atoms with Crippen molar-refractivity contribution >= 4 is 23.0 Å². The standard InChI is InChI=1S/C12H18N4S/c1-9-3-4-10(11(13)17)12(14-9)16-7-5-15(2)6-8-16/h3-4H,5-8H2,1-2H3,(H2,13,17). The van der Waals surface area contributed by atoms with Crippen molar-refractivity contribution in [1.82, 2.24) is 9.88 Å². The average Bonchev–Trinajstić information content (AvgIpc) is 2.29. The topological polar surface area (TPSA) is 45.4 Å². The Morgan fingerprint density at radius 3 is 2.53 bits per heavy atom. The zero-order valence-corrected chi connectivity index (χ0v) is 11.1. The van der Waals surface area contributed by atoms with Crippen LogP contribution in [-0.2, 0) is 0 Å². The summed E-state index contributed by atoms with van der Waals surface area (Å²) in [4.78, 5) is 9.58. The molecule has 0 amide bonds. The number of pyridine rings is 1. The Morgan fingerprint density at radius 1 is 1.29 bits per heavy atom. The van der Waals surface area contributed by atoms with E-state index in [4.69, 9.17) is 18.0 Å². The van der Waals surface area contributed by atoms with E-state index in [0.717, 1.165) is 43.3 Å².